The van der Waals surface area contributed by atoms with Gasteiger partial charge in [-0.3, -0.25) is 0 Å². The first kappa shape index (κ1) is 8.06. The molecule has 0 aliphatic carbocycles. The van der Waals surface area contributed by atoms with Gasteiger partial charge in [-0.2, -0.15) is 0 Å². The van der Waals surface area contributed by atoms with Gasteiger partial charge < -0.3 is 5.32 Å². The lowest BCUT2D eigenvalue weighted by Crippen LogP contribution is -2.42. The maximum absolute atomic E-state index is 3.42. The van der Waals surface area contributed by atoms with Crippen molar-refractivity contribution in [2.24, 2.45) is 5.92 Å². The molecule has 0 bridgehead atoms. The van der Waals surface area contributed by atoms with E-state index >= 15 is 0 Å². The van der Waals surface area contributed by atoms with Gasteiger partial charge in [0.2, 0.25) is 0 Å². The molecular formula is C9H19N. The average molecular weight is 141 g/mol. The molecule has 1 aliphatic rings. The van der Waals surface area contributed by atoms with Crippen molar-refractivity contribution >= 4 is 0 Å². The Labute approximate surface area is 64.2 Å². The standard InChI is InChI=1S/C9H19N/c1-8(2)4-3-5-9-6-7-10-9/h8-10H,3-7H2,1-2H3. The lowest BCUT2D eigenvalue weighted by molar-refractivity contribution is 0.334. The van der Waals surface area contributed by atoms with Gasteiger partial charge >= 0.3 is 0 Å². The van der Waals surface area contributed by atoms with Crippen LogP contribution in [0.3, 0.4) is 0 Å². The molecule has 1 N–H and O–H groups in total. The second-order valence-corrected chi connectivity index (χ2v) is 3.76. The van der Waals surface area contributed by atoms with E-state index in [-0.39, 0.29) is 0 Å². The largest absolute Gasteiger partial charge is 0.314 e. The molecule has 1 saturated heterocycles. The summed E-state index contributed by atoms with van der Waals surface area (Å²) in [5.41, 5.74) is 0. The molecule has 1 rings (SSSR count). The van der Waals surface area contributed by atoms with Gasteiger partial charge in [0, 0.05) is 6.04 Å². The molecule has 0 radical (unpaired) electrons. The van der Waals surface area contributed by atoms with Crippen molar-refractivity contribution in [1.82, 2.24) is 5.32 Å². The highest BCUT2D eigenvalue weighted by molar-refractivity contribution is 4.76. The summed E-state index contributed by atoms with van der Waals surface area (Å²) in [5.74, 6) is 0.889. The first-order chi connectivity index (χ1) is 4.79. The molecule has 1 heterocycles. The molecule has 0 amide bonds. The van der Waals surface area contributed by atoms with Gasteiger partial charge in [-0.1, -0.05) is 26.7 Å². The fraction of sp³-hybridized carbons (Fsp3) is 1.00. The summed E-state index contributed by atoms with van der Waals surface area (Å²) in [4.78, 5) is 0. The van der Waals surface area contributed by atoms with Crippen molar-refractivity contribution in [2.45, 2.75) is 45.6 Å². The van der Waals surface area contributed by atoms with Crippen molar-refractivity contribution in [1.29, 1.82) is 0 Å². The Bertz CT molecular complexity index is 84.7. The predicted molar refractivity (Wildman–Crippen MR) is 45.1 cm³/mol. The predicted octanol–water partition coefficient (Wildman–Crippen LogP) is 2.17. The van der Waals surface area contributed by atoms with Crippen LogP contribution in [-0.4, -0.2) is 12.6 Å². The first-order valence-electron chi connectivity index (χ1n) is 4.52. The van der Waals surface area contributed by atoms with Gasteiger partial charge in [0.15, 0.2) is 0 Å². The molecule has 1 atom stereocenters. The first-order valence-corrected chi connectivity index (χ1v) is 4.52. The van der Waals surface area contributed by atoms with Gasteiger partial charge in [0.25, 0.3) is 0 Å². The van der Waals surface area contributed by atoms with E-state index in [0.29, 0.717) is 0 Å². The molecule has 0 aromatic heterocycles. The summed E-state index contributed by atoms with van der Waals surface area (Å²) < 4.78 is 0. The zero-order valence-electron chi connectivity index (χ0n) is 7.19. The Morgan fingerprint density at radius 1 is 1.50 bits per heavy atom. The minimum absolute atomic E-state index is 0.874. The minimum Gasteiger partial charge on any atom is -0.314 e. The van der Waals surface area contributed by atoms with E-state index in [1.807, 2.05) is 0 Å². The molecule has 1 aliphatic heterocycles. The van der Waals surface area contributed by atoms with Crippen LogP contribution in [0.2, 0.25) is 0 Å². The van der Waals surface area contributed by atoms with Crippen LogP contribution in [0.5, 0.6) is 0 Å². The zero-order chi connectivity index (χ0) is 7.40. The molecular weight excluding hydrogens is 122 g/mol. The van der Waals surface area contributed by atoms with Crippen LogP contribution in [-0.2, 0) is 0 Å². The molecule has 0 saturated carbocycles. The van der Waals surface area contributed by atoms with Gasteiger partial charge in [-0.25, -0.2) is 0 Å². The summed E-state index contributed by atoms with van der Waals surface area (Å²) in [6.45, 7) is 5.86. The van der Waals surface area contributed by atoms with Crippen LogP contribution in [0.4, 0.5) is 0 Å². The summed E-state index contributed by atoms with van der Waals surface area (Å²) >= 11 is 0. The van der Waals surface area contributed by atoms with Crippen LogP contribution in [0, 0.1) is 5.92 Å². The van der Waals surface area contributed by atoms with E-state index < -0.39 is 0 Å². The molecule has 0 aromatic rings. The Balaban J connectivity index is 1.85. The van der Waals surface area contributed by atoms with E-state index in [1.54, 1.807) is 0 Å². The van der Waals surface area contributed by atoms with E-state index in [0.717, 1.165) is 12.0 Å². The molecule has 10 heavy (non-hydrogen) atoms. The van der Waals surface area contributed by atoms with Crippen LogP contribution in [0.15, 0.2) is 0 Å². The molecule has 0 spiro atoms. The summed E-state index contributed by atoms with van der Waals surface area (Å²) in [6.07, 6.45) is 5.63. The lowest BCUT2D eigenvalue weighted by atomic mass is 9.98. The summed E-state index contributed by atoms with van der Waals surface area (Å²) in [7, 11) is 0. The summed E-state index contributed by atoms with van der Waals surface area (Å²) in [6, 6.07) is 0.874. The van der Waals surface area contributed by atoms with E-state index in [1.165, 1.54) is 32.2 Å². The second-order valence-electron chi connectivity index (χ2n) is 3.76. The third kappa shape index (κ3) is 2.70. The maximum atomic E-state index is 3.42. The molecule has 60 valence electrons. The van der Waals surface area contributed by atoms with Crippen molar-refractivity contribution in [3.05, 3.63) is 0 Å². The zero-order valence-corrected chi connectivity index (χ0v) is 7.19. The topological polar surface area (TPSA) is 12.0 Å². The van der Waals surface area contributed by atoms with Crippen molar-refractivity contribution in [3.63, 3.8) is 0 Å². The SMILES string of the molecule is CC(C)CCCC1CCN1. The summed E-state index contributed by atoms with van der Waals surface area (Å²) in [5, 5.41) is 3.42. The Morgan fingerprint density at radius 2 is 2.20 bits per heavy atom. The van der Waals surface area contributed by atoms with Crippen LogP contribution < -0.4 is 5.32 Å². The third-order valence-corrected chi connectivity index (χ3v) is 2.26. The molecule has 1 nitrogen and oxygen atoms in total. The average Bonchev–Trinajstić information content (AvgIpc) is 1.75. The fourth-order valence-electron chi connectivity index (χ4n) is 1.37. The van der Waals surface area contributed by atoms with E-state index in [9.17, 15) is 0 Å². The quantitative estimate of drug-likeness (QED) is 0.632. The molecule has 0 aromatic carbocycles. The van der Waals surface area contributed by atoms with Gasteiger partial charge in [0.1, 0.15) is 0 Å². The van der Waals surface area contributed by atoms with Gasteiger partial charge in [-0.15, -0.1) is 0 Å². The fourth-order valence-corrected chi connectivity index (χ4v) is 1.37. The number of rotatable bonds is 4. The number of hydrogen-bond donors (Lipinski definition) is 1. The van der Waals surface area contributed by atoms with E-state index in [2.05, 4.69) is 19.2 Å². The van der Waals surface area contributed by atoms with E-state index in [4.69, 9.17) is 0 Å². The lowest BCUT2D eigenvalue weighted by Gasteiger charge is -2.27. The van der Waals surface area contributed by atoms with Crippen molar-refractivity contribution in [2.75, 3.05) is 6.54 Å². The highest BCUT2D eigenvalue weighted by atomic mass is 15.0. The maximum Gasteiger partial charge on any atom is 0.00791 e. The molecule has 1 heteroatoms. The van der Waals surface area contributed by atoms with Gasteiger partial charge in [-0.05, 0) is 25.3 Å². The third-order valence-electron chi connectivity index (χ3n) is 2.26. The highest BCUT2D eigenvalue weighted by Crippen LogP contribution is 2.13. The van der Waals surface area contributed by atoms with Crippen LogP contribution >= 0.6 is 0 Å². The van der Waals surface area contributed by atoms with Crippen molar-refractivity contribution < 1.29 is 0 Å². The normalized spacial score (nSPS) is 24.9. The van der Waals surface area contributed by atoms with Gasteiger partial charge in [0.05, 0.1) is 0 Å². The smallest absolute Gasteiger partial charge is 0.00791 e. The van der Waals surface area contributed by atoms with Crippen LogP contribution in [0.1, 0.15) is 39.5 Å². The van der Waals surface area contributed by atoms with Crippen LogP contribution in [0.25, 0.3) is 0 Å². The highest BCUT2D eigenvalue weighted by Gasteiger charge is 2.14. The second kappa shape index (κ2) is 3.97. The van der Waals surface area contributed by atoms with Crippen molar-refractivity contribution in [3.8, 4) is 0 Å². The molecule has 1 unspecified atom stereocenters. The Kier molecular flexibility index (Phi) is 3.20. The Morgan fingerprint density at radius 3 is 2.60 bits per heavy atom. The Hall–Kier alpha value is -0.0400. The molecule has 1 fully saturated rings. The number of hydrogen-bond acceptors (Lipinski definition) is 1. The minimum atomic E-state index is 0.874. The number of nitrogens with one attached hydrogen (secondary N) is 1. The monoisotopic (exact) mass is 141 g/mol.